The maximum Gasteiger partial charge on any atom is 0.337 e. The van der Waals surface area contributed by atoms with E-state index in [2.05, 4.69) is 31.6 Å². The summed E-state index contributed by atoms with van der Waals surface area (Å²) in [4.78, 5) is 22.9. The predicted octanol–water partition coefficient (Wildman–Crippen LogP) is 1.77. The van der Waals surface area contributed by atoms with Gasteiger partial charge in [0.1, 0.15) is 0 Å². The van der Waals surface area contributed by atoms with E-state index in [0.29, 0.717) is 11.0 Å². The molecule has 104 valence electrons. The average molecular weight is 339 g/mol. The first-order valence-corrected chi connectivity index (χ1v) is 6.52. The van der Waals surface area contributed by atoms with Gasteiger partial charge in [0.25, 0.3) is 0 Å². The van der Waals surface area contributed by atoms with E-state index in [9.17, 15) is 9.59 Å². The van der Waals surface area contributed by atoms with Crippen molar-refractivity contribution in [2.45, 2.75) is 13.0 Å². The number of benzene rings is 1. The van der Waals surface area contributed by atoms with E-state index in [4.69, 9.17) is 5.11 Å². The second-order valence-corrected chi connectivity index (χ2v) is 4.88. The first-order chi connectivity index (χ1) is 9.56. The van der Waals surface area contributed by atoms with Crippen molar-refractivity contribution in [3.63, 3.8) is 0 Å². The van der Waals surface area contributed by atoms with Crippen molar-refractivity contribution in [3.8, 4) is 0 Å². The van der Waals surface area contributed by atoms with Crippen LogP contribution in [-0.4, -0.2) is 32.0 Å². The maximum absolute atomic E-state index is 11.8. The Balaban J connectivity index is 2.02. The van der Waals surface area contributed by atoms with Gasteiger partial charge in [-0.2, -0.15) is 0 Å². The van der Waals surface area contributed by atoms with Crippen molar-refractivity contribution in [1.29, 1.82) is 0 Å². The van der Waals surface area contributed by atoms with Crippen molar-refractivity contribution in [3.05, 3.63) is 40.6 Å². The average Bonchev–Trinajstić information content (AvgIpc) is 2.91. The molecule has 1 aromatic carbocycles. The molecule has 0 aliphatic heterocycles. The number of halogens is 1. The molecule has 1 aromatic heterocycles. The Labute approximate surface area is 122 Å². The van der Waals surface area contributed by atoms with Crippen LogP contribution in [0.15, 0.2) is 35.1 Å². The Hall–Kier alpha value is -2.22. The number of hydrogen-bond donors (Lipinski definition) is 2. The molecular weight excluding hydrogens is 328 g/mol. The van der Waals surface area contributed by atoms with E-state index >= 15 is 0 Å². The second kappa shape index (κ2) is 6.29. The fourth-order valence-electron chi connectivity index (χ4n) is 1.58. The van der Waals surface area contributed by atoms with Crippen molar-refractivity contribution < 1.29 is 14.7 Å². The van der Waals surface area contributed by atoms with Gasteiger partial charge >= 0.3 is 5.97 Å². The third kappa shape index (κ3) is 3.64. The van der Waals surface area contributed by atoms with Crippen LogP contribution in [0.4, 0.5) is 5.69 Å². The minimum atomic E-state index is -1.10. The molecule has 0 atom stereocenters. The summed E-state index contributed by atoms with van der Waals surface area (Å²) >= 11 is 3.19. The molecule has 0 fully saturated rings. The van der Waals surface area contributed by atoms with Crippen molar-refractivity contribution in [2.24, 2.45) is 0 Å². The molecule has 0 radical (unpaired) electrons. The number of amides is 1. The predicted molar refractivity (Wildman–Crippen MR) is 74.4 cm³/mol. The van der Waals surface area contributed by atoms with E-state index in [1.807, 2.05) is 0 Å². The molecule has 0 unspecified atom stereocenters. The Morgan fingerprint density at radius 2 is 2.20 bits per heavy atom. The van der Waals surface area contributed by atoms with Crippen LogP contribution in [0, 0.1) is 0 Å². The number of aryl methyl sites for hydroxylation is 1. The highest BCUT2D eigenvalue weighted by atomic mass is 79.9. The number of nitrogens with zero attached hydrogens (tertiary/aromatic N) is 3. The number of carboxylic acid groups (broad SMARTS) is 1. The first-order valence-electron chi connectivity index (χ1n) is 5.73. The minimum Gasteiger partial charge on any atom is -0.478 e. The molecule has 7 nitrogen and oxygen atoms in total. The van der Waals surface area contributed by atoms with E-state index in [1.54, 1.807) is 18.3 Å². The number of aromatic nitrogens is 3. The summed E-state index contributed by atoms with van der Waals surface area (Å²) in [5.41, 5.74) is 0.303. The van der Waals surface area contributed by atoms with E-state index in [-0.39, 0.29) is 23.6 Å². The molecule has 1 heterocycles. The Kier molecular flexibility index (Phi) is 4.46. The normalized spacial score (nSPS) is 10.2. The van der Waals surface area contributed by atoms with Gasteiger partial charge in [0.05, 0.1) is 24.0 Å². The lowest BCUT2D eigenvalue weighted by atomic mass is 10.2. The highest BCUT2D eigenvalue weighted by molar-refractivity contribution is 9.10. The number of aromatic carboxylic acids is 1. The summed E-state index contributed by atoms with van der Waals surface area (Å²) in [5.74, 6) is -1.39. The van der Waals surface area contributed by atoms with Gasteiger partial charge in [0.2, 0.25) is 5.91 Å². The molecule has 0 bridgehead atoms. The highest BCUT2D eigenvalue weighted by Crippen LogP contribution is 2.21. The van der Waals surface area contributed by atoms with Gasteiger partial charge in [-0.25, -0.2) is 4.79 Å². The third-order valence-electron chi connectivity index (χ3n) is 2.53. The SMILES string of the molecule is O=C(CCn1ccnn1)Nc1ccc(Br)cc1C(=O)O. The van der Waals surface area contributed by atoms with Crippen LogP contribution in [0.25, 0.3) is 0 Å². The smallest absolute Gasteiger partial charge is 0.337 e. The monoisotopic (exact) mass is 338 g/mol. The van der Waals surface area contributed by atoms with Crippen LogP contribution in [0.2, 0.25) is 0 Å². The van der Waals surface area contributed by atoms with Crippen LogP contribution >= 0.6 is 15.9 Å². The van der Waals surface area contributed by atoms with Crippen molar-refractivity contribution in [1.82, 2.24) is 15.0 Å². The number of nitrogens with one attached hydrogen (secondary N) is 1. The molecule has 20 heavy (non-hydrogen) atoms. The fraction of sp³-hybridized carbons (Fsp3) is 0.167. The molecule has 2 aromatic rings. The number of carboxylic acids is 1. The molecule has 0 saturated heterocycles. The van der Waals surface area contributed by atoms with Gasteiger partial charge in [-0.15, -0.1) is 5.10 Å². The Morgan fingerprint density at radius 3 is 2.85 bits per heavy atom. The van der Waals surface area contributed by atoms with Gasteiger partial charge in [-0.05, 0) is 18.2 Å². The number of anilines is 1. The standard InChI is InChI=1S/C12H11BrN4O3/c13-8-1-2-10(9(7-8)12(19)20)15-11(18)3-5-17-6-4-14-16-17/h1-2,4,6-7H,3,5H2,(H,15,18)(H,19,20). The Bertz CT molecular complexity index is 628. The number of hydrogen-bond acceptors (Lipinski definition) is 4. The largest absolute Gasteiger partial charge is 0.478 e. The van der Waals surface area contributed by atoms with E-state index in [1.165, 1.54) is 16.9 Å². The topological polar surface area (TPSA) is 97.1 Å². The summed E-state index contributed by atoms with van der Waals surface area (Å²) < 4.78 is 2.16. The van der Waals surface area contributed by atoms with Crippen LogP contribution in [-0.2, 0) is 11.3 Å². The zero-order valence-corrected chi connectivity index (χ0v) is 11.9. The van der Waals surface area contributed by atoms with Crippen LogP contribution in [0.3, 0.4) is 0 Å². The quantitative estimate of drug-likeness (QED) is 0.865. The second-order valence-electron chi connectivity index (χ2n) is 3.96. The third-order valence-corrected chi connectivity index (χ3v) is 3.02. The molecule has 0 saturated carbocycles. The molecule has 1 amide bonds. The van der Waals surface area contributed by atoms with Crippen molar-refractivity contribution >= 4 is 33.5 Å². The fourth-order valence-corrected chi connectivity index (χ4v) is 1.94. The molecular formula is C12H11BrN4O3. The lowest BCUT2D eigenvalue weighted by molar-refractivity contribution is -0.116. The maximum atomic E-state index is 11.8. The molecule has 0 aliphatic carbocycles. The number of carbonyl (C=O) groups excluding carboxylic acids is 1. The Morgan fingerprint density at radius 1 is 1.40 bits per heavy atom. The van der Waals surface area contributed by atoms with E-state index in [0.717, 1.165) is 0 Å². The lowest BCUT2D eigenvalue weighted by Crippen LogP contribution is -2.17. The van der Waals surface area contributed by atoms with Gasteiger partial charge in [-0.3, -0.25) is 9.48 Å². The number of carbonyl (C=O) groups is 2. The first kappa shape index (κ1) is 14.2. The summed E-state index contributed by atoms with van der Waals surface area (Å²) in [5, 5.41) is 19.0. The van der Waals surface area contributed by atoms with Crippen LogP contribution in [0.5, 0.6) is 0 Å². The summed E-state index contributed by atoms with van der Waals surface area (Å²) in [6.45, 7) is 0.380. The van der Waals surface area contributed by atoms with Crippen molar-refractivity contribution in [2.75, 3.05) is 5.32 Å². The summed E-state index contributed by atoms with van der Waals surface area (Å²) in [6, 6.07) is 4.65. The number of rotatable bonds is 5. The highest BCUT2D eigenvalue weighted by Gasteiger charge is 2.13. The molecule has 2 N–H and O–H groups in total. The van der Waals surface area contributed by atoms with Crippen LogP contribution in [0.1, 0.15) is 16.8 Å². The van der Waals surface area contributed by atoms with Gasteiger partial charge in [0.15, 0.2) is 0 Å². The summed E-state index contributed by atoms with van der Waals surface area (Å²) in [7, 11) is 0. The van der Waals surface area contributed by atoms with Gasteiger partial charge < -0.3 is 10.4 Å². The minimum absolute atomic E-state index is 0.0356. The lowest BCUT2D eigenvalue weighted by Gasteiger charge is -2.08. The molecule has 2 rings (SSSR count). The molecule has 0 spiro atoms. The summed E-state index contributed by atoms with van der Waals surface area (Å²) in [6.07, 6.45) is 3.35. The van der Waals surface area contributed by atoms with Crippen LogP contribution < -0.4 is 5.32 Å². The van der Waals surface area contributed by atoms with E-state index < -0.39 is 5.97 Å². The van der Waals surface area contributed by atoms with Gasteiger partial charge in [0, 0.05) is 17.1 Å². The molecule has 8 heteroatoms. The zero-order chi connectivity index (χ0) is 14.5. The molecule has 0 aliphatic rings. The van der Waals surface area contributed by atoms with Gasteiger partial charge in [-0.1, -0.05) is 21.1 Å². The zero-order valence-electron chi connectivity index (χ0n) is 10.3.